The number of aryl methyl sites for hydroxylation is 1. The van der Waals surface area contributed by atoms with Crippen molar-refractivity contribution in [3.63, 3.8) is 0 Å². The lowest BCUT2D eigenvalue weighted by Crippen LogP contribution is -2.30. The highest BCUT2D eigenvalue weighted by Crippen LogP contribution is 2.34. The summed E-state index contributed by atoms with van der Waals surface area (Å²) in [5.41, 5.74) is 2.41. The number of aromatic nitrogens is 4. The van der Waals surface area contributed by atoms with Crippen LogP contribution in [0, 0.1) is 6.92 Å². The molecule has 4 heterocycles. The Kier molecular flexibility index (Phi) is 2.63. The van der Waals surface area contributed by atoms with Crippen LogP contribution < -0.4 is 4.90 Å². The molecule has 0 saturated carbocycles. The Morgan fingerprint density at radius 1 is 1.20 bits per heavy atom. The molecule has 3 aromatic heterocycles. The van der Waals surface area contributed by atoms with Gasteiger partial charge in [0.2, 0.25) is 0 Å². The van der Waals surface area contributed by atoms with Crippen molar-refractivity contribution in [3.05, 3.63) is 41.1 Å². The van der Waals surface area contributed by atoms with Gasteiger partial charge in [0, 0.05) is 34.8 Å². The molecule has 0 radical (unpaired) electrons. The number of anilines is 1. The first kappa shape index (κ1) is 11.7. The highest BCUT2D eigenvalue weighted by molar-refractivity contribution is 7.18. The summed E-state index contributed by atoms with van der Waals surface area (Å²) >= 11 is 1.77. The van der Waals surface area contributed by atoms with Gasteiger partial charge < -0.3 is 4.90 Å². The number of thiophene rings is 1. The summed E-state index contributed by atoms with van der Waals surface area (Å²) in [4.78, 5) is 21.8. The fourth-order valence-corrected chi connectivity index (χ4v) is 3.82. The van der Waals surface area contributed by atoms with Gasteiger partial charge in [-0.3, -0.25) is 0 Å². The van der Waals surface area contributed by atoms with Crippen LogP contribution in [0.3, 0.4) is 0 Å². The van der Waals surface area contributed by atoms with E-state index in [4.69, 9.17) is 0 Å². The van der Waals surface area contributed by atoms with Crippen LogP contribution in [-0.4, -0.2) is 26.5 Å². The minimum Gasteiger partial charge on any atom is -0.351 e. The number of rotatable bonds is 1. The smallest absolute Gasteiger partial charge is 0.132 e. The van der Waals surface area contributed by atoms with Crippen LogP contribution in [0.1, 0.15) is 16.1 Å². The lowest BCUT2D eigenvalue weighted by atomic mass is 10.1. The zero-order valence-electron chi connectivity index (χ0n) is 11.1. The van der Waals surface area contributed by atoms with Crippen LogP contribution in [0.4, 0.5) is 5.82 Å². The average Bonchev–Trinajstić information content (AvgIpc) is 2.85. The molecule has 0 unspecified atom stereocenters. The summed E-state index contributed by atoms with van der Waals surface area (Å²) in [5, 5.41) is 1.21. The predicted octanol–water partition coefficient (Wildman–Crippen LogP) is 2.35. The van der Waals surface area contributed by atoms with Crippen molar-refractivity contribution in [2.75, 3.05) is 11.4 Å². The fourth-order valence-electron chi connectivity index (χ4n) is 2.65. The van der Waals surface area contributed by atoms with Crippen molar-refractivity contribution in [3.8, 4) is 0 Å². The summed E-state index contributed by atoms with van der Waals surface area (Å²) < 4.78 is 0. The van der Waals surface area contributed by atoms with E-state index >= 15 is 0 Å². The Hall–Kier alpha value is -2.08. The van der Waals surface area contributed by atoms with Crippen molar-refractivity contribution < 1.29 is 0 Å². The van der Waals surface area contributed by atoms with Gasteiger partial charge in [-0.25, -0.2) is 19.9 Å². The molecular weight excluding hydrogens is 270 g/mol. The Morgan fingerprint density at radius 3 is 3.05 bits per heavy atom. The van der Waals surface area contributed by atoms with E-state index in [2.05, 4.69) is 24.8 Å². The van der Waals surface area contributed by atoms with Crippen LogP contribution >= 0.6 is 11.3 Å². The van der Waals surface area contributed by atoms with Gasteiger partial charge in [0.1, 0.15) is 23.3 Å². The maximum atomic E-state index is 4.38. The third-order valence-electron chi connectivity index (χ3n) is 3.64. The van der Waals surface area contributed by atoms with Crippen LogP contribution in [0.2, 0.25) is 0 Å². The van der Waals surface area contributed by atoms with Gasteiger partial charge in [0.25, 0.3) is 0 Å². The molecule has 1 aliphatic rings. The van der Waals surface area contributed by atoms with Crippen LogP contribution in [0.25, 0.3) is 10.2 Å². The minimum absolute atomic E-state index is 0.896. The van der Waals surface area contributed by atoms with Gasteiger partial charge in [-0.2, -0.15) is 0 Å². The molecule has 4 rings (SSSR count). The van der Waals surface area contributed by atoms with Gasteiger partial charge in [-0.05, 0) is 18.9 Å². The van der Waals surface area contributed by atoms with Gasteiger partial charge in [-0.15, -0.1) is 11.3 Å². The van der Waals surface area contributed by atoms with E-state index < -0.39 is 0 Å². The molecule has 0 atom stereocenters. The van der Waals surface area contributed by atoms with Crippen LogP contribution in [0.15, 0.2) is 24.9 Å². The van der Waals surface area contributed by atoms with E-state index in [9.17, 15) is 0 Å². The van der Waals surface area contributed by atoms with E-state index in [1.54, 1.807) is 24.0 Å². The standard InChI is InChI=1S/C14H13N5S/c1-9-4-13(17-8-16-9)19-3-2-10-11-5-15-7-18-14(11)20-12(10)6-19/h4-5,7-8H,2-3,6H2,1H3. The highest BCUT2D eigenvalue weighted by Gasteiger charge is 2.22. The molecule has 0 N–H and O–H groups in total. The lowest BCUT2D eigenvalue weighted by Gasteiger charge is -2.27. The van der Waals surface area contributed by atoms with Crippen molar-refractivity contribution in [1.29, 1.82) is 0 Å². The van der Waals surface area contributed by atoms with Crippen molar-refractivity contribution >= 4 is 27.4 Å². The second kappa shape index (κ2) is 4.49. The molecule has 0 saturated heterocycles. The third kappa shape index (κ3) is 1.84. The SMILES string of the molecule is Cc1cc(N2CCc3c(sc4ncncc34)C2)ncn1. The maximum absolute atomic E-state index is 4.38. The van der Waals surface area contributed by atoms with E-state index in [1.807, 2.05) is 19.2 Å². The zero-order chi connectivity index (χ0) is 13.5. The Balaban J connectivity index is 1.73. The highest BCUT2D eigenvalue weighted by atomic mass is 32.1. The fraction of sp³-hybridized carbons (Fsp3) is 0.286. The first-order valence-electron chi connectivity index (χ1n) is 6.55. The number of fused-ring (bicyclic) bond motifs is 3. The molecule has 3 aromatic rings. The van der Waals surface area contributed by atoms with Gasteiger partial charge in [0.15, 0.2) is 0 Å². The molecule has 20 heavy (non-hydrogen) atoms. The summed E-state index contributed by atoms with van der Waals surface area (Å²) in [6.07, 6.45) is 6.21. The molecule has 0 bridgehead atoms. The largest absolute Gasteiger partial charge is 0.351 e. The Labute approximate surface area is 120 Å². The second-order valence-electron chi connectivity index (χ2n) is 4.93. The van der Waals surface area contributed by atoms with Gasteiger partial charge >= 0.3 is 0 Å². The van der Waals surface area contributed by atoms with Crippen molar-refractivity contribution in [2.45, 2.75) is 19.9 Å². The summed E-state index contributed by atoms with van der Waals surface area (Å²) in [5.74, 6) is 1.01. The predicted molar refractivity (Wildman–Crippen MR) is 78.9 cm³/mol. The molecule has 0 spiro atoms. The lowest BCUT2D eigenvalue weighted by molar-refractivity contribution is 0.733. The van der Waals surface area contributed by atoms with Gasteiger partial charge in [0.05, 0.1) is 6.54 Å². The van der Waals surface area contributed by atoms with Crippen LogP contribution in [-0.2, 0) is 13.0 Å². The van der Waals surface area contributed by atoms with E-state index in [-0.39, 0.29) is 0 Å². The molecule has 1 aliphatic heterocycles. The summed E-state index contributed by atoms with van der Waals surface area (Å²) in [6, 6.07) is 2.04. The molecule has 5 nitrogen and oxygen atoms in total. The summed E-state index contributed by atoms with van der Waals surface area (Å²) in [6.45, 7) is 3.87. The first-order valence-corrected chi connectivity index (χ1v) is 7.37. The number of hydrogen-bond donors (Lipinski definition) is 0. The molecule has 6 heteroatoms. The molecule has 0 fully saturated rings. The second-order valence-corrected chi connectivity index (χ2v) is 6.02. The van der Waals surface area contributed by atoms with Crippen LogP contribution in [0.5, 0.6) is 0 Å². The Bertz CT molecular complexity index is 782. The van der Waals surface area contributed by atoms with E-state index in [0.29, 0.717) is 0 Å². The van der Waals surface area contributed by atoms with E-state index in [1.165, 1.54) is 15.8 Å². The summed E-state index contributed by atoms with van der Waals surface area (Å²) in [7, 11) is 0. The zero-order valence-corrected chi connectivity index (χ0v) is 11.9. The molecule has 0 aliphatic carbocycles. The molecular formula is C14H13N5S. The number of nitrogens with zero attached hydrogens (tertiary/aromatic N) is 5. The molecule has 0 amide bonds. The molecule has 0 aromatic carbocycles. The van der Waals surface area contributed by atoms with Gasteiger partial charge in [-0.1, -0.05) is 0 Å². The van der Waals surface area contributed by atoms with Crippen molar-refractivity contribution in [1.82, 2.24) is 19.9 Å². The average molecular weight is 283 g/mol. The minimum atomic E-state index is 0.896. The Morgan fingerprint density at radius 2 is 2.15 bits per heavy atom. The van der Waals surface area contributed by atoms with E-state index in [0.717, 1.165) is 35.9 Å². The topological polar surface area (TPSA) is 54.8 Å². The maximum Gasteiger partial charge on any atom is 0.132 e. The quantitative estimate of drug-likeness (QED) is 0.686. The molecule has 100 valence electrons. The number of hydrogen-bond acceptors (Lipinski definition) is 6. The first-order chi connectivity index (χ1) is 9.81. The third-order valence-corrected chi connectivity index (χ3v) is 4.78. The van der Waals surface area contributed by atoms with Crippen molar-refractivity contribution in [2.24, 2.45) is 0 Å². The normalized spacial score (nSPS) is 14.6. The monoisotopic (exact) mass is 283 g/mol.